The summed E-state index contributed by atoms with van der Waals surface area (Å²) in [6.07, 6.45) is -0.731. The number of para-hydroxylation sites is 1. The van der Waals surface area contributed by atoms with Crippen molar-refractivity contribution in [2.45, 2.75) is 6.23 Å². The summed E-state index contributed by atoms with van der Waals surface area (Å²) in [6.45, 7) is -0.102. The van der Waals surface area contributed by atoms with Gasteiger partial charge in [0.05, 0.1) is 17.1 Å². The Labute approximate surface area is 131 Å². The first-order valence-electron chi connectivity index (χ1n) is 7.03. The first-order valence-corrected chi connectivity index (χ1v) is 7.03. The van der Waals surface area contributed by atoms with Crippen LogP contribution in [0.5, 0.6) is 5.75 Å². The van der Waals surface area contributed by atoms with E-state index in [-0.39, 0.29) is 24.7 Å². The van der Waals surface area contributed by atoms with E-state index < -0.39 is 11.2 Å². The van der Waals surface area contributed by atoms with Gasteiger partial charge in [0.2, 0.25) is 6.23 Å². The van der Waals surface area contributed by atoms with Crippen molar-refractivity contribution < 1.29 is 19.6 Å². The van der Waals surface area contributed by atoms with Crippen molar-refractivity contribution in [3.05, 3.63) is 69.8 Å². The summed E-state index contributed by atoms with van der Waals surface area (Å²) in [4.78, 5) is 24.3. The van der Waals surface area contributed by atoms with Crippen LogP contribution in [0.3, 0.4) is 0 Å². The molecule has 3 rings (SSSR count). The van der Waals surface area contributed by atoms with Crippen LogP contribution in [0.25, 0.3) is 0 Å². The minimum atomic E-state index is -0.731. The van der Waals surface area contributed by atoms with E-state index in [4.69, 9.17) is 4.74 Å². The van der Waals surface area contributed by atoms with Gasteiger partial charge in [-0.05, 0) is 24.3 Å². The first kappa shape index (κ1) is 15.0. The molecule has 0 bridgehead atoms. The van der Waals surface area contributed by atoms with Gasteiger partial charge >= 0.3 is 0 Å². The van der Waals surface area contributed by atoms with Gasteiger partial charge in [-0.3, -0.25) is 19.8 Å². The molecule has 1 atom stereocenters. The number of rotatable bonds is 4. The molecule has 1 aliphatic heterocycles. The predicted molar refractivity (Wildman–Crippen MR) is 81.0 cm³/mol. The van der Waals surface area contributed by atoms with Crippen LogP contribution >= 0.6 is 0 Å². The number of nitro groups is 1. The fourth-order valence-corrected chi connectivity index (χ4v) is 2.53. The molecular weight excluding hydrogens is 300 g/mol. The van der Waals surface area contributed by atoms with Crippen molar-refractivity contribution in [3.63, 3.8) is 0 Å². The number of aliphatic hydroxyl groups excluding tert-OH is 1. The zero-order valence-corrected chi connectivity index (χ0v) is 12.1. The lowest BCUT2D eigenvalue weighted by Crippen LogP contribution is -2.43. The molecular formula is C16H14N2O5. The summed E-state index contributed by atoms with van der Waals surface area (Å²) in [7, 11) is 0. The molecule has 0 saturated heterocycles. The predicted octanol–water partition coefficient (Wildman–Crippen LogP) is 2.12. The van der Waals surface area contributed by atoms with Gasteiger partial charge in [0.1, 0.15) is 5.75 Å². The highest BCUT2D eigenvalue weighted by molar-refractivity contribution is 5.98. The molecule has 0 aliphatic carbocycles. The zero-order chi connectivity index (χ0) is 16.4. The van der Waals surface area contributed by atoms with Crippen molar-refractivity contribution in [1.82, 2.24) is 4.90 Å². The molecule has 2 aromatic rings. The molecule has 118 valence electrons. The smallest absolute Gasteiger partial charge is 0.269 e. The number of benzene rings is 2. The minimum absolute atomic E-state index is 0.0370. The van der Waals surface area contributed by atoms with Crippen molar-refractivity contribution in [1.29, 1.82) is 0 Å². The Morgan fingerprint density at radius 3 is 2.52 bits per heavy atom. The van der Waals surface area contributed by atoms with E-state index >= 15 is 0 Å². The number of carbonyl (C=O) groups is 1. The second-order valence-electron chi connectivity index (χ2n) is 5.04. The molecule has 0 saturated carbocycles. The third kappa shape index (κ3) is 2.74. The van der Waals surface area contributed by atoms with Crippen molar-refractivity contribution in [2.24, 2.45) is 0 Å². The second kappa shape index (κ2) is 6.05. The Morgan fingerprint density at radius 2 is 1.87 bits per heavy atom. The van der Waals surface area contributed by atoms with Gasteiger partial charge in [-0.2, -0.15) is 0 Å². The molecule has 2 aromatic carbocycles. The SMILES string of the molecule is O=C1c2ccccc2OC(c2ccc([N+](=O)[O-])cc2)N1CCO. The maximum Gasteiger partial charge on any atom is 0.269 e. The average molecular weight is 314 g/mol. The Kier molecular flexibility index (Phi) is 3.94. The van der Waals surface area contributed by atoms with Gasteiger partial charge in [-0.25, -0.2) is 0 Å². The summed E-state index contributed by atoms with van der Waals surface area (Å²) in [5.41, 5.74) is 0.996. The number of nitro benzene ring substituents is 1. The molecule has 7 heteroatoms. The molecule has 1 aliphatic rings. The van der Waals surface area contributed by atoms with E-state index in [9.17, 15) is 20.0 Å². The quantitative estimate of drug-likeness (QED) is 0.689. The van der Waals surface area contributed by atoms with E-state index in [1.807, 2.05) is 0 Å². The van der Waals surface area contributed by atoms with E-state index in [1.54, 1.807) is 36.4 Å². The number of fused-ring (bicyclic) bond motifs is 1. The van der Waals surface area contributed by atoms with Crippen molar-refractivity contribution in [3.8, 4) is 5.75 Å². The lowest BCUT2D eigenvalue weighted by Gasteiger charge is -2.36. The summed E-state index contributed by atoms with van der Waals surface area (Å²) in [6, 6.07) is 12.7. The average Bonchev–Trinajstić information content (AvgIpc) is 2.57. The molecule has 0 fully saturated rings. The molecule has 1 amide bonds. The number of aliphatic hydroxyl groups is 1. The number of hydrogen-bond acceptors (Lipinski definition) is 5. The molecule has 0 radical (unpaired) electrons. The lowest BCUT2D eigenvalue weighted by molar-refractivity contribution is -0.384. The van der Waals surface area contributed by atoms with Gasteiger partial charge in [0, 0.05) is 24.2 Å². The number of amides is 1. The van der Waals surface area contributed by atoms with Crippen LogP contribution in [0.2, 0.25) is 0 Å². The standard InChI is InChI=1S/C16H14N2O5/c19-10-9-17-15(20)13-3-1-2-4-14(13)23-16(17)11-5-7-12(8-6-11)18(21)22/h1-8,16,19H,9-10H2. The monoisotopic (exact) mass is 314 g/mol. The molecule has 0 aromatic heterocycles. The normalized spacial score (nSPS) is 16.7. The van der Waals surface area contributed by atoms with Crippen LogP contribution < -0.4 is 4.74 Å². The number of carbonyl (C=O) groups excluding carboxylic acids is 1. The maximum atomic E-state index is 12.6. The number of hydrogen-bond donors (Lipinski definition) is 1. The van der Waals surface area contributed by atoms with Gasteiger partial charge in [0.15, 0.2) is 0 Å². The maximum absolute atomic E-state index is 12.6. The molecule has 23 heavy (non-hydrogen) atoms. The first-order chi connectivity index (χ1) is 11.1. The van der Waals surface area contributed by atoms with Crippen LogP contribution in [0.15, 0.2) is 48.5 Å². The fourth-order valence-electron chi connectivity index (χ4n) is 2.53. The summed E-state index contributed by atoms with van der Waals surface area (Å²) in [5.74, 6) is 0.208. The topological polar surface area (TPSA) is 92.9 Å². The number of nitrogens with zero attached hydrogens (tertiary/aromatic N) is 2. The summed E-state index contributed by atoms with van der Waals surface area (Å²) in [5, 5.41) is 20.0. The van der Waals surface area contributed by atoms with E-state index in [0.29, 0.717) is 16.9 Å². The van der Waals surface area contributed by atoms with Crippen LogP contribution in [-0.2, 0) is 0 Å². The zero-order valence-electron chi connectivity index (χ0n) is 12.1. The summed E-state index contributed by atoms with van der Waals surface area (Å²) < 4.78 is 5.88. The molecule has 1 heterocycles. The largest absolute Gasteiger partial charge is 0.465 e. The Hall–Kier alpha value is -2.93. The van der Waals surface area contributed by atoms with E-state index in [2.05, 4.69) is 0 Å². The highest BCUT2D eigenvalue weighted by atomic mass is 16.6. The van der Waals surface area contributed by atoms with Crippen LogP contribution in [0, 0.1) is 10.1 Å². The lowest BCUT2D eigenvalue weighted by atomic mass is 10.1. The van der Waals surface area contributed by atoms with E-state index in [1.165, 1.54) is 17.0 Å². The molecule has 1 unspecified atom stereocenters. The molecule has 0 spiro atoms. The van der Waals surface area contributed by atoms with Gasteiger partial charge < -0.3 is 9.84 Å². The number of non-ortho nitro benzene ring substituents is 1. The third-order valence-corrected chi connectivity index (χ3v) is 3.63. The molecule has 7 nitrogen and oxygen atoms in total. The number of β-amino-alcohol motifs (C(OH)–C–C–N with tert-alkyl or cyclic N) is 1. The highest BCUT2D eigenvalue weighted by Crippen LogP contribution is 2.35. The van der Waals surface area contributed by atoms with Crippen molar-refractivity contribution in [2.75, 3.05) is 13.2 Å². The van der Waals surface area contributed by atoms with Crippen molar-refractivity contribution >= 4 is 11.6 Å². The highest BCUT2D eigenvalue weighted by Gasteiger charge is 2.34. The van der Waals surface area contributed by atoms with E-state index in [0.717, 1.165) is 0 Å². The van der Waals surface area contributed by atoms with Gasteiger partial charge in [-0.15, -0.1) is 0 Å². The van der Waals surface area contributed by atoms with Gasteiger partial charge in [-0.1, -0.05) is 12.1 Å². The summed E-state index contributed by atoms with van der Waals surface area (Å²) >= 11 is 0. The van der Waals surface area contributed by atoms with Crippen LogP contribution in [0.1, 0.15) is 22.1 Å². The minimum Gasteiger partial charge on any atom is -0.465 e. The number of ether oxygens (including phenoxy) is 1. The Morgan fingerprint density at radius 1 is 1.17 bits per heavy atom. The third-order valence-electron chi connectivity index (χ3n) is 3.63. The fraction of sp³-hybridized carbons (Fsp3) is 0.188. The second-order valence-corrected chi connectivity index (χ2v) is 5.04. The van der Waals surface area contributed by atoms with Gasteiger partial charge in [0.25, 0.3) is 11.6 Å². The Bertz CT molecular complexity index is 744. The van der Waals surface area contributed by atoms with Crippen LogP contribution in [-0.4, -0.2) is 34.0 Å². The Balaban J connectivity index is 1.99. The van der Waals surface area contributed by atoms with Crippen LogP contribution in [0.4, 0.5) is 5.69 Å². The molecule has 1 N–H and O–H groups in total.